The van der Waals surface area contributed by atoms with Crippen molar-refractivity contribution in [3.8, 4) is 0 Å². The minimum atomic E-state index is -0.847. The summed E-state index contributed by atoms with van der Waals surface area (Å²) in [4.78, 5) is 10.4. The summed E-state index contributed by atoms with van der Waals surface area (Å²) in [5, 5.41) is 19.7. The van der Waals surface area contributed by atoms with E-state index in [0.717, 1.165) is 0 Å². The van der Waals surface area contributed by atoms with Gasteiger partial charge in [-0.15, -0.1) is 5.10 Å². The van der Waals surface area contributed by atoms with Crippen LogP contribution in [0.2, 0.25) is 0 Å². The Morgan fingerprint density at radius 1 is 1.50 bits per heavy atom. The Kier molecular flexibility index (Phi) is 2.83. The molecule has 0 aliphatic rings. The highest BCUT2D eigenvalue weighted by Crippen LogP contribution is 2.18. The van der Waals surface area contributed by atoms with Crippen molar-refractivity contribution in [2.24, 2.45) is 0 Å². The van der Waals surface area contributed by atoms with Gasteiger partial charge in [0.15, 0.2) is 5.82 Å². The topological polar surface area (TPSA) is 80.9 Å². The standard InChI is InChI=1S/C8H14N4O2/c1-8(2,3)7-9-10-11-12(7)5-4-6(13)14/h4-5H2,1-3H3,(H,13,14). The van der Waals surface area contributed by atoms with Crippen LogP contribution in [0.15, 0.2) is 0 Å². The molecule has 0 unspecified atom stereocenters. The van der Waals surface area contributed by atoms with Gasteiger partial charge in [0, 0.05) is 5.41 Å². The van der Waals surface area contributed by atoms with E-state index in [4.69, 9.17) is 5.11 Å². The first-order valence-corrected chi connectivity index (χ1v) is 4.39. The van der Waals surface area contributed by atoms with Gasteiger partial charge in [-0.05, 0) is 10.4 Å². The second kappa shape index (κ2) is 3.73. The number of hydrogen-bond donors (Lipinski definition) is 1. The molecule has 0 radical (unpaired) electrons. The summed E-state index contributed by atoms with van der Waals surface area (Å²) in [6.45, 7) is 6.26. The molecule has 0 aliphatic carbocycles. The summed E-state index contributed by atoms with van der Waals surface area (Å²) >= 11 is 0. The predicted octanol–water partition coefficient (Wildman–Crippen LogP) is 0.445. The van der Waals surface area contributed by atoms with E-state index in [1.54, 1.807) is 0 Å². The van der Waals surface area contributed by atoms with Gasteiger partial charge in [0.1, 0.15) is 0 Å². The fraction of sp³-hybridized carbons (Fsp3) is 0.750. The molecule has 0 aromatic carbocycles. The summed E-state index contributed by atoms with van der Waals surface area (Å²) in [5.74, 6) is -0.140. The summed E-state index contributed by atoms with van der Waals surface area (Å²) in [5.41, 5.74) is -0.165. The van der Waals surface area contributed by atoms with Crippen LogP contribution in [0, 0.1) is 0 Å². The van der Waals surface area contributed by atoms with Crippen molar-refractivity contribution in [1.82, 2.24) is 20.2 Å². The lowest BCUT2D eigenvalue weighted by atomic mass is 9.96. The molecule has 0 atom stereocenters. The zero-order chi connectivity index (χ0) is 10.8. The third-order valence-electron chi connectivity index (χ3n) is 1.74. The van der Waals surface area contributed by atoms with Gasteiger partial charge in [0.05, 0.1) is 13.0 Å². The van der Waals surface area contributed by atoms with Gasteiger partial charge in [-0.25, -0.2) is 4.68 Å². The third kappa shape index (κ3) is 2.51. The van der Waals surface area contributed by atoms with Crippen molar-refractivity contribution in [2.75, 3.05) is 0 Å². The Bertz CT molecular complexity index is 326. The molecule has 0 saturated heterocycles. The number of aromatic nitrogens is 4. The van der Waals surface area contributed by atoms with E-state index < -0.39 is 5.97 Å². The highest BCUT2D eigenvalue weighted by atomic mass is 16.4. The fourth-order valence-corrected chi connectivity index (χ4v) is 1.09. The molecule has 1 aromatic heterocycles. The second-order valence-corrected chi connectivity index (χ2v) is 4.12. The summed E-state index contributed by atoms with van der Waals surface area (Å²) < 4.78 is 1.54. The van der Waals surface area contributed by atoms with Crippen molar-refractivity contribution < 1.29 is 9.90 Å². The Hall–Kier alpha value is -1.46. The van der Waals surface area contributed by atoms with Crippen LogP contribution in [0.3, 0.4) is 0 Å². The molecule has 0 aliphatic heterocycles. The first kappa shape index (κ1) is 10.6. The van der Waals surface area contributed by atoms with Gasteiger partial charge in [-0.3, -0.25) is 4.79 Å². The summed E-state index contributed by atoms with van der Waals surface area (Å²) in [6.07, 6.45) is 0.0358. The molecule has 78 valence electrons. The zero-order valence-corrected chi connectivity index (χ0v) is 8.56. The molecular weight excluding hydrogens is 184 g/mol. The maximum atomic E-state index is 10.4. The molecule has 0 saturated carbocycles. The lowest BCUT2D eigenvalue weighted by Gasteiger charge is -2.16. The maximum Gasteiger partial charge on any atom is 0.305 e. The molecule has 1 aromatic rings. The Balaban J connectivity index is 2.78. The van der Waals surface area contributed by atoms with Crippen LogP contribution in [0.1, 0.15) is 33.0 Å². The van der Waals surface area contributed by atoms with Crippen LogP contribution in [0.5, 0.6) is 0 Å². The van der Waals surface area contributed by atoms with E-state index in [2.05, 4.69) is 15.5 Å². The van der Waals surface area contributed by atoms with Gasteiger partial charge < -0.3 is 5.11 Å². The minimum absolute atomic E-state index is 0.0358. The van der Waals surface area contributed by atoms with E-state index in [-0.39, 0.29) is 11.8 Å². The Morgan fingerprint density at radius 2 is 2.14 bits per heavy atom. The van der Waals surface area contributed by atoms with Gasteiger partial charge in [0.25, 0.3) is 0 Å². The predicted molar refractivity (Wildman–Crippen MR) is 48.8 cm³/mol. The average molecular weight is 198 g/mol. The van der Waals surface area contributed by atoms with Gasteiger partial charge in [0.2, 0.25) is 0 Å². The number of nitrogens with zero attached hydrogens (tertiary/aromatic N) is 4. The number of carboxylic acids is 1. The third-order valence-corrected chi connectivity index (χ3v) is 1.74. The molecule has 6 heteroatoms. The Labute approximate surface area is 81.9 Å². The summed E-state index contributed by atoms with van der Waals surface area (Å²) in [7, 11) is 0. The van der Waals surface area contributed by atoms with Gasteiger partial charge >= 0.3 is 5.97 Å². The molecule has 1 rings (SSSR count). The molecule has 6 nitrogen and oxygen atoms in total. The van der Waals surface area contributed by atoms with E-state index in [9.17, 15) is 4.79 Å². The molecule has 0 fully saturated rings. The first-order valence-electron chi connectivity index (χ1n) is 4.39. The van der Waals surface area contributed by atoms with Crippen LogP contribution >= 0.6 is 0 Å². The van der Waals surface area contributed by atoms with Crippen molar-refractivity contribution in [2.45, 2.75) is 39.2 Å². The van der Waals surface area contributed by atoms with E-state index >= 15 is 0 Å². The number of aliphatic carboxylic acids is 1. The lowest BCUT2D eigenvalue weighted by Crippen LogP contribution is -2.20. The number of rotatable bonds is 3. The van der Waals surface area contributed by atoms with Gasteiger partial charge in [-0.1, -0.05) is 20.8 Å². The van der Waals surface area contributed by atoms with Crippen LogP contribution in [0.25, 0.3) is 0 Å². The second-order valence-electron chi connectivity index (χ2n) is 4.12. The normalized spacial score (nSPS) is 11.6. The van der Waals surface area contributed by atoms with Crippen LogP contribution in [-0.2, 0) is 16.8 Å². The fourth-order valence-electron chi connectivity index (χ4n) is 1.09. The number of tetrazole rings is 1. The summed E-state index contributed by atoms with van der Waals surface area (Å²) in [6, 6.07) is 0. The number of carboxylic acid groups (broad SMARTS) is 1. The number of hydrogen-bond acceptors (Lipinski definition) is 4. The van der Waals surface area contributed by atoms with Crippen molar-refractivity contribution in [3.05, 3.63) is 5.82 Å². The zero-order valence-electron chi connectivity index (χ0n) is 8.56. The van der Waals surface area contributed by atoms with Crippen molar-refractivity contribution >= 4 is 5.97 Å². The number of aryl methyl sites for hydroxylation is 1. The highest BCUT2D eigenvalue weighted by molar-refractivity contribution is 5.66. The van der Waals surface area contributed by atoms with Gasteiger partial charge in [-0.2, -0.15) is 0 Å². The lowest BCUT2D eigenvalue weighted by molar-refractivity contribution is -0.137. The minimum Gasteiger partial charge on any atom is -0.481 e. The van der Waals surface area contributed by atoms with Crippen LogP contribution in [0.4, 0.5) is 0 Å². The molecule has 1 N–H and O–H groups in total. The Morgan fingerprint density at radius 3 is 2.64 bits per heavy atom. The van der Waals surface area contributed by atoms with E-state index in [1.807, 2.05) is 20.8 Å². The van der Waals surface area contributed by atoms with Crippen LogP contribution in [-0.4, -0.2) is 31.3 Å². The molecule has 14 heavy (non-hydrogen) atoms. The quantitative estimate of drug-likeness (QED) is 0.762. The van der Waals surface area contributed by atoms with E-state index in [0.29, 0.717) is 12.4 Å². The van der Waals surface area contributed by atoms with Crippen molar-refractivity contribution in [3.63, 3.8) is 0 Å². The first-order chi connectivity index (χ1) is 6.41. The molecular formula is C8H14N4O2. The molecule has 0 bridgehead atoms. The smallest absolute Gasteiger partial charge is 0.305 e. The maximum absolute atomic E-state index is 10.4. The van der Waals surface area contributed by atoms with Crippen LogP contribution < -0.4 is 0 Å². The van der Waals surface area contributed by atoms with E-state index in [1.165, 1.54) is 4.68 Å². The molecule has 1 heterocycles. The largest absolute Gasteiger partial charge is 0.481 e. The number of carbonyl (C=O) groups is 1. The monoisotopic (exact) mass is 198 g/mol. The van der Waals surface area contributed by atoms with Crippen molar-refractivity contribution in [1.29, 1.82) is 0 Å². The molecule has 0 amide bonds. The average Bonchev–Trinajstić information content (AvgIpc) is 2.46. The SMILES string of the molecule is CC(C)(C)c1nnnn1CCC(=O)O. The molecule has 0 spiro atoms. The highest BCUT2D eigenvalue weighted by Gasteiger charge is 2.21.